The number of aromatic amines is 1. The second kappa shape index (κ2) is 17.8. The molecule has 5 rings (SSSR count). The molecule has 0 bridgehead atoms. The molecule has 4 aromatic rings. The zero-order chi connectivity index (χ0) is 34.6. The van der Waals surface area contributed by atoms with Crippen LogP contribution < -0.4 is 16.2 Å². The second-order valence-electron chi connectivity index (χ2n) is 12.6. The maximum absolute atomic E-state index is 14.6. The van der Waals surface area contributed by atoms with Crippen LogP contribution in [0.1, 0.15) is 69.5 Å². The summed E-state index contributed by atoms with van der Waals surface area (Å²) in [4.78, 5) is 33.3. The number of unbranched alkanes of at least 4 members (excludes halogenated alkanes) is 6. The summed E-state index contributed by atoms with van der Waals surface area (Å²) in [6.45, 7) is 3.86. The van der Waals surface area contributed by atoms with Crippen molar-refractivity contribution in [2.24, 2.45) is 0 Å². The number of aromatic hydroxyl groups is 1. The number of piperidine rings is 1. The molecule has 262 valence electrons. The molecule has 0 spiro atoms. The highest BCUT2D eigenvalue weighted by Gasteiger charge is 2.24. The Labute approximate surface area is 284 Å². The maximum atomic E-state index is 14.6. The van der Waals surface area contributed by atoms with Crippen molar-refractivity contribution in [3.8, 4) is 16.9 Å². The summed E-state index contributed by atoms with van der Waals surface area (Å²) in [6.07, 6.45) is 10.6. The summed E-state index contributed by atoms with van der Waals surface area (Å²) in [5, 5.41) is 27.1. The fourth-order valence-electron chi connectivity index (χ4n) is 6.35. The van der Waals surface area contributed by atoms with Gasteiger partial charge in [-0.05, 0) is 68.6 Å². The number of benzene rings is 2. The normalized spacial score (nSPS) is 14.6. The molecule has 0 radical (unpaired) electrons. The molecule has 10 nitrogen and oxygen atoms in total. The number of carbonyl (C=O) groups excluding carboxylic acids is 1. The molecule has 49 heavy (non-hydrogen) atoms. The van der Waals surface area contributed by atoms with Crippen molar-refractivity contribution in [3.05, 3.63) is 88.5 Å². The van der Waals surface area contributed by atoms with Crippen molar-refractivity contribution >= 4 is 22.7 Å². The third kappa shape index (κ3) is 10.3. The number of fused-ring (bicyclic) bond motifs is 1. The topological polar surface area (TPSA) is 140 Å². The summed E-state index contributed by atoms with van der Waals surface area (Å²) in [5.41, 5.74) is 1.24. The first-order valence-electron chi connectivity index (χ1n) is 17.1. The van der Waals surface area contributed by atoms with Crippen molar-refractivity contribution in [2.45, 2.75) is 70.0 Å². The number of nitrogens with one attached hydrogen (secondary N) is 3. The van der Waals surface area contributed by atoms with Crippen LogP contribution in [0.4, 0.5) is 19.3 Å². The number of hydrogen-bond donors (Lipinski definition) is 5. The van der Waals surface area contributed by atoms with Crippen LogP contribution in [0, 0.1) is 11.6 Å². The molecule has 1 fully saturated rings. The van der Waals surface area contributed by atoms with Crippen LogP contribution in [0.5, 0.6) is 5.75 Å². The lowest BCUT2D eigenvalue weighted by atomic mass is 10.0. The number of hydrogen-bond acceptors (Lipinski definition) is 8. The number of phenols is 1. The van der Waals surface area contributed by atoms with E-state index in [0.717, 1.165) is 70.4 Å². The SMILES string of the molecule is O=C(Nc1c(F)cc(F)cc1-c1cccnc1)OC1CCN(CCCCCCCCCNCC(O)c2ccc(O)c3[nH]c(=O)ccc23)CC1. The zero-order valence-corrected chi connectivity index (χ0v) is 27.6. The number of aliphatic hydroxyl groups excluding tert-OH is 1. The van der Waals surface area contributed by atoms with Gasteiger partial charge in [-0.25, -0.2) is 13.6 Å². The summed E-state index contributed by atoms with van der Waals surface area (Å²) < 4.78 is 34.2. The van der Waals surface area contributed by atoms with E-state index in [0.29, 0.717) is 41.4 Å². The molecule has 5 N–H and O–H groups in total. The molecule has 1 atom stereocenters. The molecular formula is C37H45F2N5O5. The largest absolute Gasteiger partial charge is 0.506 e. The molecule has 1 unspecified atom stereocenters. The highest BCUT2D eigenvalue weighted by molar-refractivity contribution is 5.92. The fraction of sp³-hybridized carbons (Fsp3) is 0.432. The minimum atomic E-state index is -0.877. The number of pyridine rings is 2. The van der Waals surface area contributed by atoms with Crippen molar-refractivity contribution in [1.82, 2.24) is 20.2 Å². The number of ether oxygens (including phenoxy) is 1. The number of carbonyl (C=O) groups is 1. The number of anilines is 1. The molecular weight excluding hydrogens is 632 g/mol. The van der Waals surface area contributed by atoms with E-state index in [9.17, 15) is 28.6 Å². The lowest BCUT2D eigenvalue weighted by Gasteiger charge is -2.31. The van der Waals surface area contributed by atoms with E-state index in [1.807, 2.05) is 0 Å². The second-order valence-corrected chi connectivity index (χ2v) is 12.6. The van der Waals surface area contributed by atoms with E-state index in [4.69, 9.17) is 4.74 Å². The monoisotopic (exact) mass is 677 g/mol. The van der Waals surface area contributed by atoms with Crippen molar-refractivity contribution in [1.29, 1.82) is 0 Å². The van der Waals surface area contributed by atoms with Gasteiger partial charge in [0.1, 0.15) is 23.5 Å². The van der Waals surface area contributed by atoms with Crippen LogP contribution >= 0.6 is 0 Å². The Morgan fingerprint density at radius 1 is 1.02 bits per heavy atom. The van der Waals surface area contributed by atoms with Crippen LogP contribution in [-0.4, -0.2) is 70.0 Å². The standard InChI is InChI=1S/C37H45F2N5O5/c38-26-21-30(25-9-8-17-40-23-25)35(31(39)22-26)43-37(48)49-27-14-19-44(20-15-27)18-7-5-3-1-2-4-6-16-41-24-33(46)28-10-12-32(45)36-29(28)11-13-34(47)42-36/h8-13,17,21-23,27,33,41,45-46H,1-7,14-16,18-20,24H2,(H,42,47)(H,43,48). The Balaban J connectivity index is 0.896. The van der Waals surface area contributed by atoms with Gasteiger partial charge in [-0.3, -0.25) is 15.1 Å². The van der Waals surface area contributed by atoms with Gasteiger partial charge in [-0.2, -0.15) is 0 Å². The van der Waals surface area contributed by atoms with Gasteiger partial charge < -0.3 is 30.2 Å². The number of likely N-dealkylation sites (tertiary alicyclic amines) is 1. The summed E-state index contributed by atoms with van der Waals surface area (Å²) in [6, 6.07) is 11.4. The predicted molar refractivity (Wildman–Crippen MR) is 186 cm³/mol. The van der Waals surface area contributed by atoms with Crippen LogP contribution in [0.3, 0.4) is 0 Å². The van der Waals surface area contributed by atoms with E-state index in [2.05, 4.69) is 25.5 Å². The Morgan fingerprint density at radius 3 is 2.53 bits per heavy atom. The number of nitrogens with zero attached hydrogens (tertiary/aromatic N) is 2. The minimum absolute atomic E-state index is 0.0205. The Kier molecular flexibility index (Phi) is 13.1. The summed E-state index contributed by atoms with van der Waals surface area (Å²) >= 11 is 0. The van der Waals surface area contributed by atoms with Gasteiger partial charge in [-0.15, -0.1) is 0 Å². The molecule has 0 saturated carbocycles. The molecule has 1 amide bonds. The van der Waals surface area contributed by atoms with Gasteiger partial charge in [0.2, 0.25) is 5.56 Å². The van der Waals surface area contributed by atoms with Gasteiger partial charge >= 0.3 is 6.09 Å². The van der Waals surface area contributed by atoms with Crippen LogP contribution in [0.25, 0.3) is 22.0 Å². The number of halogens is 2. The lowest BCUT2D eigenvalue weighted by molar-refractivity contribution is 0.0584. The zero-order valence-electron chi connectivity index (χ0n) is 27.6. The van der Waals surface area contributed by atoms with E-state index >= 15 is 0 Å². The molecule has 2 aromatic heterocycles. The van der Waals surface area contributed by atoms with Gasteiger partial charge in [0.05, 0.1) is 17.3 Å². The first-order chi connectivity index (χ1) is 23.8. The van der Waals surface area contributed by atoms with Crippen LogP contribution in [0.15, 0.2) is 65.7 Å². The van der Waals surface area contributed by atoms with Crippen molar-refractivity contribution in [2.75, 3.05) is 38.0 Å². The number of aliphatic hydroxyl groups is 1. The van der Waals surface area contributed by atoms with E-state index < -0.39 is 23.8 Å². The molecule has 1 saturated heterocycles. The first-order valence-corrected chi connectivity index (χ1v) is 17.1. The lowest BCUT2D eigenvalue weighted by Crippen LogP contribution is -2.39. The predicted octanol–water partition coefficient (Wildman–Crippen LogP) is 6.64. The Bertz CT molecular complexity index is 1730. The van der Waals surface area contributed by atoms with Gasteiger partial charge in [0, 0.05) is 60.7 Å². The third-order valence-electron chi connectivity index (χ3n) is 8.99. The molecule has 0 aliphatic carbocycles. The molecule has 1 aliphatic rings. The smallest absolute Gasteiger partial charge is 0.412 e. The quantitative estimate of drug-likeness (QED) is 0.0832. The van der Waals surface area contributed by atoms with Gasteiger partial charge in [-0.1, -0.05) is 44.2 Å². The van der Waals surface area contributed by atoms with Gasteiger partial charge in [0.25, 0.3) is 0 Å². The fourth-order valence-corrected chi connectivity index (χ4v) is 6.35. The average Bonchev–Trinajstić information content (AvgIpc) is 3.09. The highest BCUT2D eigenvalue weighted by Crippen LogP contribution is 2.32. The highest BCUT2D eigenvalue weighted by atomic mass is 19.1. The van der Waals surface area contributed by atoms with E-state index in [1.54, 1.807) is 30.5 Å². The molecule has 12 heteroatoms. The number of H-pyrrole nitrogens is 1. The minimum Gasteiger partial charge on any atom is -0.506 e. The number of phenolic OH excluding ortho intramolecular Hbond substituents is 1. The molecule has 2 aromatic carbocycles. The number of amides is 1. The number of aromatic nitrogens is 2. The maximum Gasteiger partial charge on any atom is 0.412 e. The Hall–Kier alpha value is -4.39. The average molecular weight is 678 g/mol. The van der Waals surface area contributed by atoms with Crippen LogP contribution in [-0.2, 0) is 4.74 Å². The molecule has 1 aliphatic heterocycles. The van der Waals surface area contributed by atoms with Crippen molar-refractivity contribution in [3.63, 3.8) is 0 Å². The Morgan fingerprint density at radius 2 is 1.78 bits per heavy atom. The first kappa shape index (κ1) is 35.9. The summed E-state index contributed by atoms with van der Waals surface area (Å²) in [7, 11) is 0. The third-order valence-corrected chi connectivity index (χ3v) is 8.99. The van der Waals surface area contributed by atoms with Gasteiger partial charge in [0.15, 0.2) is 0 Å². The van der Waals surface area contributed by atoms with E-state index in [-0.39, 0.29) is 28.7 Å². The van der Waals surface area contributed by atoms with E-state index in [1.165, 1.54) is 31.2 Å². The number of rotatable bonds is 16. The summed E-state index contributed by atoms with van der Waals surface area (Å²) in [5.74, 6) is -1.64. The molecule has 3 heterocycles. The van der Waals surface area contributed by atoms with Crippen LogP contribution in [0.2, 0.25) is 0 Å². The van der Waals surface area contributed by atoms with Crippen molar-refractivity contribution < 1.29 is 28.5 Å².